The Bertz CT molecular complexity index is 1090. The minimum absolute atomic E-state index is 0.279. The van der Waals surface area contributed by atoms with Crippen LogP contribution in [0.2, 0.25) is 5.02 Å². The lowest BCUT2D eigenvalue weighted by Gasteiger charge is -2.27. The van der Waals surface area contributed by atoms with E-state index in [2.05, 4.69) is 20.8 Å². The van der Waals surface area contributed by atoms with Crippen LogP contribution in [0.5, 0.6) is 5.75 Å². The van der Waals surface area contributed by atoms with E-state index in [0.717, 1.165) is 11.1 Å². The van der Waals surface area contributed by atoms with E-state index in [4.69, 9.17) is 21.1 Å². The predicted molar refractivity (Wildman–Crippen MR) is 111 cm³/mol. The number of nitrogens with zero attached hydrogens (tertiary/aromatic N) is 4. The molecule has 3 aromatic rings. The molecule has 30 heavy (non-hydrogen) atoms. The van der Waals surface area contributed by atoms with Gasteiger partial charge in [-0.25, -0.2) is 4.79 Å². The number of carbonyl (C=O) groups excluding carboxylic acids is 1. The molecule has 0 saturated carbocycles. The molecule has 154 valence electrons. The summed E-state index contributed by atoms with van der Waals surface area (Å²) in [6.45, 7) is 4.26. The Morgan fingerprint density at radius 3 is 2.77 bits per heavy atom. The monoisotopic (exact) mass is 425 g/mol. The normalized spacial score (nSPS) is 15.4. The van der Waals surface area contributed by atoms with Gasteiger partial charge in [0.25, 0.3) is 0 Å². The van der Waals surface area contributed by atoms with Gasteiger partial charge in [-0.2, -0.15) is 4.68 Å². The van der Waals surface area contributed by atoms with E-state index in [0.29, 0.717) is 34.6 Å². The third kappa shape index (κ3) is 3.99. The van der Waals surface area contributed by atoms with Crippen molar-refractivity contribution in [3.05, 3.63) is 76.0 Å². The van der Waals surface area contributed by atoms with Crippen molar-refractivity contribution in [1.82, 2.24) is 20.2 Å². The topological polar surface area (TPSA) is 91.2 Å². The van der Waals surface area contributed by atoms with Gasteiger partial charge in [0.2, 0.25) is 5.95 Å². The van der Waals surface area contributed by atoms with Crippen molar-refractivity contribution in [2.24, 2.45) is 0 Å². The van der Waals surface area contributed by atoms with E-state index in [1.54, 1.807) is 18.5 Å². The molecule has 1 atom stereocenters. The van der Waals surface area contributed by atoms with Gasteiger partial charge in [-0.1, -0.05) is 41.0 Å². The average Bonchev–Trinajstić information content (AvgIpc) is 3.20. The van der Waals surface area contributed by atoms with Crippen LogP contribution in [-0.4, -0.2) is 32.8 Å². The molecule has 0 bridgehead atoms. The Balaban J connectivity index is 1.59. The highest BCUT2D eigenvalue weighted by Crippen LogP contribution is 2.35. The molecule has 0 aliphatic carbocycles. The zero-order valence-electron chi connectivity index (χ0n) is 16.5. The number of anilines is 1. The molecule has 0 fully saturated rings. The van der Waals surface area contributed by atoms with Crippen molar-refractivity contribution in [3.63, 3.8) is 0 Å². The van der Waals surface area contributed by atoms with Gasteiger partial charge in [-0.05, 0) is 59.7 Å². The van der Waals surface area contributed by atoms with Gasteiger partial charge in [0, 0.05) is 10.7 Å². The summed E-state index contributed by atoms with van der Waals surface area (Å²) in [6.07, 6.45) is 0. The van der Waals surface area contributed by atoms with Gasteiger partial charge in [0.05, 0.1) is 12.2 Å². The Labute approximate surface area is 178 Å². The number of allylic oxidation sites excluding steroid dienone is 1. The van der Waals surface area contributed by atoms with Crippen LogP contribution in [0.25, 0.3) is 0 Å². The molecule has 1 aromatic heterocycles. The molecule has 2 aromatic carbocycles. The molecule has 0 radical (unpaired) electrons. The van der Waals surface area contributed by atoms with Crippen molar-refractivity contribution >= 4 is 23.5 Å². The molecule has 4 rings (SSSR count). The highest BCUT2D eigenvalue weighted by Gasteiger charge is 2.34. The van der Waals surface area contributed by atoms with Crippen LogP contribution >= 0.6 is 11.6 Å². The number of rotatable bonds is 6. The smallest absolute Gasteiger partial charge is 0.338 e. The number of benzene rings is 2. The van der Waals surface area contributed by atoms with Crippen molar-refractivity contribution < 1.29 is 14.3 Å². The molecule has 1 unspecified atom stereocenters. The second kappa shape index (κ2) is 8.54. The summed E-state index contributed by atoms with van der Waals surface area (Å²) in [4.78, 5) is 12.6. The lowest BCUT2D eigenvalue weighted by molar-refractivity contribution is -0.139. The molecule has 1 N–H and O–H groups in total. The quantitative estimate of drug-likeness (QED) is 0.601. The van der Waals surface area contributed by atoms with Gasteiger partial charge in [-0.3, -0.25) is 0 Å². The maximum Gasteiger partial charge on any atom is 0.338 e. The Morgan fingerprint density at radius 1 is 1.23 bits per heavy atom. The molecule has 1 aliphatic heterocycles. The van der Waals surface area contributed by atoms with E-state index < -0.39 is 12.0 Å². The number of hydrogen-bond donors (Lipinski definition) is 1. The number of fused-ring (bicyclic) bond motifs is 1. The second-order valence-electron chi connectivity index (χ2n) is 6.72. The summed E-state index contributed by atoms with van der Waals surface area (Å²) in [5.41, 5.74) is 2.93. The van der Waals surface area contributed by atoms with Crippen LogP contribution < -0.4 is 10.1 Å². The lowest BCUT2D eigenvalue weighted by Crippen LogP contribution is -2.29. The molecule has 9 heteroatoms. The Kier molecular flexibility index (Phi) is 5.67. The largest absolute Gasteiger partial charge is 0.489 e. The fourth-order valence-electron chi connectivity index (χ4n) is 3.33. The maximum atomic E-state index is 12.6. The summed E-state index contributed by atoms with van der Waals surface area (Å²) in [5, 5.41) is 15.5. The van der Waals surface area contributed by atoms with E-state index in [1.807, 2.05) is 48.5 Å². The molecule has 2 heterocycles. The summed E-state index contributed by atoms with van der Waals surface area (Å²) in [5.74, 6) is 0.754. The number of ether oxygens (including phenoxy) is 2. The minimum atomic E-state index is -0.503. The number of tetrazole rings is 1. The van der Waals surface area contributed by atoms with Crippen LogP contribution in [0.15, 0.2) is 59.8 Å². The molecule has 0 saturated heterocycles. The fourth-order valence-corrected chi connectivity index (χ4v) is 3.55. The van der Waals surface area contributed by atoms with Crippen molar-refractivity contribution in [2.45, 2.75) is 26.5 Å². The first kappa shape index (κ1) is 19.9. The predicted octanol–water partition coefficient (Wildman–Crippen LogP) is 3.76. The van der Waals surface area contributed by atoms with Gasteiger partial charge in [0.15, 0.2) is 0 Å². The molecule has 0 spiro atoms. The van der Waals surface area contributed by atoms with Gasteiger partial charge >= 0.3 is 5.97 Å². The molecular weight excluding hydrogens is 406 g/mol. The summed E-state index contributed by atoms with van der Waals surface area (Å²) in [7, 11) is 0. The fraction of sp³-hybridized carbons (Fsp3) is 0.238. The van der Waals surface area contributed by atoms with E-state index in [-0.39, 0.29) is 6.61 Å². The standard InChI is InChI=1S/C21H20ClN5O3/c1-3-29-20(28)18-13(2)23-21-24-25-26-27(21)19(18)15-7-9-17(10-8-15)30-12-14-5-4-6-16(22)11-14/h4-11,19H,3,12H2,1-2H3,(H,23,24,26). The minimum Gasteiger partial charge on any atom is -0.489 e. The molecule has 8 nitrogen and oxygen atoms in total. The van der Waals surface area contributed by atoms with Crippen LogP contribution in [-0.2, 0) is 16.1 Å². The second-order valence-corrected chi connectivity index (χ2v) is 7.16. The number of carbonyl (C=O) groups is 1. The average molecular weight is 426 g/mol. The number of halogens is 1. The SMILES string of the molecule is CCOC(=O)C1=C(C)Nc2nnnn2C1c1ccc(OCc2cccc(Cl)c2)cc1. The third-order valence-corrected chi connectivity index (χ3v) is 4.93. The van der Waals surface area contributed by atoms with E-state index >= 15 is 0 Å². The summed E-state index contributed by atoms with van der Waals surface area (Å²) < 4.78 is 12.7. The first-order valence-electron chi connectivity index (χ1n) is 9.46. The van der Waals surface area contributed by atoms with Crippen LogP contribution in [0.1, 0.15) is 31.0 Å². The van der Waals surface area contributed by atoms with E-state index in [1.165, 1.54) is 0 Å². The third-order valence-electron chi connectivity index (χ3n) is 4.70. The zero-order chi connectivity index (χ0) is 21.1. The highest BCUT2D eigenvalue weighted by atomic mass is 35.5. The Morgan fingerprint density at radius 2 is 2.03 bits per heavy atom. The van der Waals surface area contributed by atoms with Crippen molar-refractivity contribution in [2.75, 3.05) is 11.9 Å². The number of aromatic nitrogens is 4. The van der Waals surface area contributed by atoms with E-state index in [9.17, 15) is 4.79 Å². The first-order valence-corrected chi connectivity index (χ1v) is 9.84. The van der Waals surface area contributed by atoms with Gasteiger partial charge < -0.3 is 14.8 Å². The number of esters is 1. The zero-order valence-corrected chi connectivity index (χ0v) is 17.3. The molecule has 0 amide bonds. The molecular formula is C21H20ClN5O3. The van der Waals surface area contributed by atoms with Crippen LogP contribution in [0, 0.1) is 0 Å². The lowest BCUT2D eigenvalue weighted by atomic mass is 9.96. The van der Waals surface area contributed by atoms with Crippen molar-refractivity contribution in [1.29, 1.82) is 0 Å². The highest BCUT2D eigenvalue weighted by molar-refractivity contribution is 6.30. The maximum absolute atomic E-state index is 12.6. The van der Waals surface area contributed by atoms with Crippen molar-refractivity contribution in [3.8, 4) is 5.75 Å². The summed E-state index contributed by atoms with van der Waals surface area (Å²) in [6, 6.07) is 14.5. The van der Waals surface area contributed by atoms with Crippen LogP contribution in [0.4, 0.5) is 5.95 Å². The van der Waals surface area contributed by atoms with Crippen LogP contribution in [0.3, 0.4) is 0 Å². The molecule has 1 aliphatic rings. The van der Waals surface area contributed by atoms with Gasteiger partial charge in [-0.15, -0.1) is 0 Å². The number of nitrogens with one attached hydrogen (secondary N) is 1. The summed E-state index contributed by atoms with van der Waals surface area (Å²) >= 11 is 6.02. The Hall–Kier alpha value is -3.39. The number of hydrogen-bond acceptors (Lipinski definition) is 7. The first-order chi connectivity index (χ1) is 14.6. The van der Waals surface area contributed by atoms with Gasteiger partial charge in [0.1, 0.15) is 18.4 Å².